The Morgan fingerprint density at radius 2 is 2.00 bits per heavy atom. The van der Waals surface area contributed by atoms with Gasteiger partial charge in [-0.3, -0.25) is 0 Å². The molecule has 2 unspecified atom stereocenters. The van der Waals surface area contributed by atoms with Gasteiger partial charge in [-0.2, -0.15) is 0 Å². The molecule has 2 heterocycles. The Bertz CT molecular complexity index is 315. The van der Waals surface area contributed by atoms with Crippen LogP contribution in [0.4, 0.5) is 6.01 Å². The van der Waals surface area contributed by atoms with E-state index in [1.165, 1.54) is 0 Å². The molecule has 84 valence electrons. The fourth-order valence-corrected chi connectivity index (χ4v) is 1.88. The molecule has 5 heteroatoms. The summed E-state index contributed by atoms with van der Waals surface area (Å²) in [5.74, 6) is 2.02. The van der Waals surface area contributed by atoms with Crippen LogP contribution >= 0.6 is 0 Å². The molecule has 1 saturated heterocycles. The van der Waals surface area contributed by atoms with Gasteiger partial charge in [-0.15, -0.1) is 5.10 Å². The molecule has 0 saturated carbocycles. The van der Waals surface area contributed by atoms with Gasteiger partial charge in [0.2, 0.25) is 5.89 Å². The minimum Gasteiger partial charge on any atom is -0.408 e. The predicted molar refractivity (Wildman–Crippen MR) is 57.6 cm³/mol. The van der Waals surface area contributed by atoms with Crippen molar-refractivity contribution in [1.82, 2.24) is 10.2 Å². The molecule has 1 aliphatic rings. The minimum atomic E-state index is 0.550. The Hall–Kier alpha value is -1.10. The lowest BCUT2D eigenvalue weighted by Crippen LogP contribution is -2.19. The van der Waals surface area contributed by atoms with Gasteiger partial charge in [-0.25, -0.2) is 0 Å². The van der Waals surface area contributed by atoms with Gasteiger partial charge in [0.1, 0.15) is 0 Å². The zero-order chi connectivity index (χ0) is 10.8. The van der Waals surface area contributed by atoms with Crippen molar-refractivity contribution in [2.24, 2.45) is 17.6 Å². The van der Waals surface area contributed by atoms with Crippen LogP contribution in [-0.4, -0.2) is 29.8 Å². The van der Waals surface area contributed by atoms with Crippen molar-refractivity contribution < 1.29 is 4.42 Å². The average Bonchev–Trinajstić information content (AvgIpc) is 2.76. The van der Waals surface area contributed by atoms with Crippen molar-refractivity contribution in [3.8, 4) is 0 Å². The molecular weight excluding hydrogens is 192 g/mol. The summed E-state index contributed by atoms with van der Waals surface area (Å²) in [4.78, 5) is 2.16. The van der Waals surface area contributed by atoms with Crippen LogP contribution in [-0.2, 0) is 6.42 Å². The topological polar surface area (TPSA) is 68.2 Å². The highest BCUT2D eigenvalue weighted by atomic mass is 16.4. The number of hydrogen-bond donors (Lipinski definition) is 1. The minimum absolute atomic E-state index is 0.550. The summed E-state index contributed by atoms with van der Waals surface area (Å²) in [6.07, 6.45) is 0.659. The molecule has 0 bridgehead atoms. The number of aromatic nitrogens is 2. The van der Waals surface area contributed by atoms with Gasteiger partial charge in [0.25, 0.3) is 0 Å². The lowest BCUT2D eigenvalue weighted by Gasteiger charge is -2.10. The molecule has 2 rings (SSSR count). The second-order valence-corrected chi connectivity index (χ2v) is 4.38. The van der Waals surface area contributed by atoms with E-state index >= 15 is 0 Å². The Morgan fingerprint density at radius 1 is 1.33 bits per heavy atom. The summed E-state index contributed by atoms with van der Waals surface area (Å²) in [7, 11) is 0. The first kappa shape index (κ1) is 10.4. The van der Waals surface area contributed by atoms with E-state index in [4.69, 9.17) is 10.2 Å². The molecule has 0 amide bonds. The molecular formula is C10H18N4O. The molecule has 0 radical (unpaired) electrons. The first-order valence-electron chi connectivity index (χ1n) is 5.48. The van der Waals surface area contributed by atoms with Crippen LogP contribution in [0.2, 0.25) is 0 Å². The standard InChI is InChI=1S/C10H18N4O/c1-7-5-14(6-8(7)2)10-13-12-9(15-10)3-4-11/h7-8H,3-6,11H2,1-2H3. The van der Waals surface area contributed by atoms with Crippen molar-refractivity contribution in [2.75, 3.05) is 24.5 Å². The Balaban J connectivity index is 2.04. The fourth-order valence-electron chi connectivity index (χ4n) is 1.88. The third-order valence-electron chi connectivity index (χ3n) is 3.07. The Morgan fingerprint density at radius 3 is 2.60 bits per heavy atom. The van der Waals surface area contributed by atoms with E-state index in [0.717, 1.165) is 13.1 Å². The summed E-state index contributed by atoms with van der Waals surface area (Å²) in [5, 5.41) is 8.00. The molecule has 0 spiro atoms. The highest BCUT2D eigenvalue weighted by molar-refractivity contribution is 5.26. The van der Waals surface area contributed by atoms with Crippen LogP contribution in [0.1, 0.15) is 19.7 Å². The lowest BCUT2D eigenvalue weighted by atomic mass is 10.0. The molecule has 2 atom stereocenters. The number of nitrogens with two attached hydrogens (primary N) is 1. The highest BCUT2D eigenvalue weighted by Crippen LogP contribution is 2.26. The average molecular weight is 210 g/mol. The normalized spacial score (nSPS) is 26.2. The number of hydrogen-bond acceptors (Lipinski definition) is 5. The lowest BCUT2D eigenvalue weighted by molar-refractivity contribution is 0.489. The summed E-state index contributed by atoms with van der Waals surface area (Å²) in [6.45, 7) is 7.06. The highest BCUT2D eigenvalue weighted by Gasteiger charge is 2.29. The van der Waals surface area contributed by atoms with Crippen LogP contribution in [0.3, 0.4) is 0 Å². The third-order valence-corrected chi connectivity index (χ3v) is 3.07. The number of nitrogens with zero attached hydrogens (tertiary/aromatic N) is 3. The summed E-state index contributed by atoms with van der Waals surface area (Å²) in [6, 6.07) is 0.648. The Labute approximate surface area is 89.6 Å². The van der Waals surface area contributed by atoms with E-state index in [9.17, 15) is 0 Å². The van der Waals surface area contributed by atoms with Gasteiger partial charge in [0.05, 0.1) is 0 Å². The summed E-state index contributed by atoms with van der Waals surface area (Å²) >= 11 is 0. The van der Waals surface area contributed by atoms with Gasteiger partial charge in [-0.05, 0) is 11.8 Å². The smallest absolute Gasteiger partial charge is 0.318 e. The third kappa shape index (κ3) is 2.12. The van der Waals surface area contributed by atoms with Crippen LogP contribution in [0, 0.1) is 11.8 Å². The van der Waals surface area contributed by atoms with Crippen LogP contribution < -0.4 is 10.6 Å². The first-order valence-corrected chi connectivity index (χ1v) is 5.48. The van der Waals surface area contributed by atoms with Crippen LogP contribution in [0.25, 0.3) is 0 Å². The number of rotatable bonds is 3. The van der Waals surface area contributed by atoms with Gasteiger partial charge in [0.15, 0.2) is 0 Å². The molecule has 0 aromatic carbocycles. The molecule has 15 heavy (non-hydrogen) atoms. The van der Waals surface area contributed by atoms with E-state index in [0.29, 0.717) is 36.7 Å². The summed E-state index contributed by atoms with van der Waals surface area (Å²) in [5.41, 5.74) is 5.43. The molecule has 1 aromatic heterocycles. The van der Waals surface area contributed by atoms with Crippen molar-refractivity contribution >= 4 is 6.01 Å². The Kier molecular flexibility index (Phi) is 2.90. The maximum absolute atomic E-state index is 5.53. The second-order valence-electron chi connectivity index (χ2n) is 4.38. The zero-order valence-corrected chi connectivity index (χ0v) is 9.31. The predicted octanol–water partition coefficient (Wildman–Crippen LogP) is 0.663. The molecule has 1 fully saturated rings. The fraction of sp³-hybridized carbons (Fsp3) is 0.800. The van der Waals surface area contributed by atoms with Gasteiger partial charge in [-0.1, -0.05) is 18.9 Å². The largest absolute Gasteiger partial charge is 0.408 e. The molecule has 1 aromatic rings. The quantitative estimate of drug-likeness (QED) is 0.794. The van der Waals surface area contributed by atoms with E-state index in [1.54, 1.807) is 0 Å². The van der Waals surface area contributed by atoms with Gasteiger partial charge < -0.3 is 15.1 Å². The second kappa shape index (κ2) is 4.18. The van der Waals surface area contributed by atoms with Crippen molar-refractivity contribution in [1.29, 1.82) is 0 Å². The maximum Gasteiger partial charge on any atom is 0.318 e. The molecule has 0 aliphatic carbocycles. The zero-order valence-electron chi connectivity index (χ0n) is 9.31. The monoisotopic (exact) mass is 210 g/mol. The number of anilines is 1. The molecule has 1 aliphatic heterocycles. The van der Waals surface area contributed by atoms with Gasteiger partial charge in [0, 0.05) is 26.1 Å². The van der Waals surface area contributed by atoms with Crippen molar-refractivity contribution in [2.45, 2.75) is 20.3 Å². The van der Waals surface area contributed by atoms with E-state index < -0.39 is 0 Å². The van der Waals surface area contributed by atoms with Gasteiger partial charge >= 0.3 is 6.01 Å². The van der Waals surface area contributed by atoms with Crippen molar-refractivity contribution in [3.63, 3.8) is 0 Å². The molecule has 5 nitrogen and oxygen atoms in total. The van der Waals surface area contributed by atoms with Crippen molar-refractivity contribution in [3.05, 3.63) is 5.89 Å². The van der Waals surface area contributed by atoms with Crippen LogP contribution in [0.5, 0.6) is 0 Å². The van der Waals surface area contributed by atoms with E-state index in [-0.39, 0.29) is 0 Å². The van der Waals surface area contributed by atoms with Crippen LogP contribution in [0.15, 0.2) is 4.42 Å². The van der Waals surface area contributed by atoms with E-state index in [1.807, 2.05) is 0 Å². The van der Waals surface area contributed by atoms with E-state index in [2.05, 4.69) is 28.9 Å². The SMILES string of the molecule is CC1CN(c2nnc(CCN)o2)CC1C. The summed E-state index contributed by atoms with van der Waals surface area (Å²) < 4.78 is 5.53. The molecule has 2 N–H and O–H groups in total. The first-order chi connectivity index (χ1) is 7.20. The maximum atomic E-state index is 5.53.